The third kappa shape index (κ3) is 1.80. The monoisotopic (exact) mass is 188 g/mol. The minimum Gasteiger partial charge on any atom is -0.463 e. The van der Waals surface area contributed by atoms with Gasteiger partial charge in [-0.3, -0.25) is 4.79 Å². The van der Waals surface area contributed by atoms with E-state index in [0.717, 1.165) is 7.11 Å². The second-order valence-corrected chi connectivity index (χ2v) is 2.51. The molecule has 0 N–H and O–H groups in total. The van der Waals surface area contributed by atoms with Crippen LogP contribution in [0.25, 0.3) is 0 Å². The molecule has 0 spiro atoms. The molecule has 0 heterocycles. The number of methoxy groups -OCH3 is 1. The van der Waals surface area contributed by atoms with Gasteiger partial charge in [0.25, 0.3) is 5.78 Å². The zero-order valence-electron chi connectivity index (χ0n) is 7.61. The highest BCUT2D eigenvalue weighted by Gasteiger charge is 2.18. The van der Waals surface area contributed by atoms with Crippen LogP contribution in [-0.2, 0) is 9.53 Å². The summed E-state index contributed by atoms with van der Waals surface area (Å²) in [4.78, 5) is 22.3. The molecule has 0 saturated carbocycles. The van der Waals surface area contributed by atoms with E-state index in [-0.39, 0.29) is 5.56 Å². The first-order valence-electron chi connectivity index (χ1n) is 3.89. The normalized spacial score (nSPS) is 8.86. The van der Waals surface area contributed by atoms with Crippen molar-refractivity contribution in [2.24, 2.45) is 0 Å². The van der Waals surface area contributed by atoms with Gasteiger partial charge >= 0.3 is 5.97 Å². The van der Waals surface area contributed by atoms with Gasteiger partial charge in [0.05, 0.1) is 7.11 Å². The lowest BCUT2D eigenvalue weighted by Gasteiger charge is -2.00. The quantitative estimate of drug-likeness (QED) is 0.301. The molecule has 0 unspecified atom stereocenters. The summed E-state index contributed by atoms with van der Waals surface area (Å²) in [7, 11) is 1.15. The van der Waals surface area contributed by atoms with Gasteiger partial charge in [0.15, 0.2) is 0 Å². The van der Waals surface area contributed by atoms with Gasteiger partial charge in [-0.1, -0.05) is 18.1 Å². The lowest BCUT2D eigenvalue weighted by Crippen LogP contribution is -2.16. The zero-order valence-corrected chi connectivity index (χ0v) is 7.61. The van der Waals surface area contributed by atoms with Gasteiger partial charge in [-0.15, -0.1) is 6.42 Å². The average Bonchev–Trinajstić information content (AvgIpc) is 2.26. The molecule has 0 atom stereocenters. The van der Waals surface area contributed by atoms with Gasteiger partial charge in [0, 0.05) is 11.1 Å². The summed E-state index contributed by atoms with van der Waals surface area (Å²) in [6.07, 6.45) is 5.18. The molecule has 14 heavy (non-hydrogen) atoms. The van der Waals surface area contributed by atoms with Crippen molar-refractivity contribution in [3.63, 3.8) is 0 Å². The van der Waals surface area contributed by atoms with E-state index in [1.54, 1.807) is 18.2 Å². The van der Waals surface area contributed by atoms with Crippen LogP contribution in [0.5, 0.6) is 0 Å². The van der Waals surface area contributed by atoms with E-state index in [0.29, 0.717) is 5.56 Å². The van der Waals surface area contributed by atoms with Crippen molar-refractivity contribution in [1.29, 1.82) is 0 Å². The van der Waals surface area contributed by atoms with Gasteiger partial charge < -0.3 is 4.74 Å². The first kappa shape index (κ1) is 10.0. The van der Waals surface area contributed by atoms with Crippen LogP contribution in [0.1, 0.15) is 15.9 Å². The molecular weight excluding hydrogens is 180 g/mol. The average molecular weight is 188 g/mol. The minimum absolute atomic E-state index is 0.196. The Balaban J connectivity index is 3.14. The van der Waals surface area contributed by atoms with Crippen LogP contribution >= 0.6 is 0 Å². The zero-order chi connectivity index (χ0) is 10.6. The summed E-state index contributed by atoms with van der Waals surface area (Å²) in [5.41, 5.74) is 0.588. The molecule has 1 aromatic carbocycles. The molecule has 3 heteroatoms. The fourth-order valence-electron chi connectivity index (χ4n) is 1.01. The van der Waals surface area contributed by atoms with Gasteiger partial charge in [-0.05, 0) is 12.1 Å². The number of carbonyl (C=O) groups excluding carboxylic acids is 2. The molecule has 0 amide bonds. The topological polar surface area (TPSA) is 43.4 Å². The van der Waals surface area contributed by atoms with Crippen molar-refractivity contribution >= 4 is 11.8 Å². The Morgan fingerprint density at radius 1 is 1.36 bits per heavy atom. The van der Waals surface area contributed by atoms with Gasteiger partial charge in [0.2, 0.25) is 0 Å². The second-order valence-electron chi connectivity index (χ2n) is 2.51. The van der Waals surface area contributed by atoms with Gasteiger partial charge in [0.1, 0.15) is 0 Å². The third-order valence-electron chi connectivity index (χ3n) is 1.70. The lowest BCUT2D eigenvalue weighted by molar-refractivity contribution is -0.135. The van der Waals surface area contributed by atoms with Gasteiger partial charge in [-0.2, -0.15) is 0 Å². The molecule has 0 fully saturated rings. The fourth-order valence-corrected chi connectivity index (χ4v) is 1.01. The largest absolute Gasteiger partial charge is 0.463 e. The molecule has 0 aliphatic rings. The maximum atomic E-state index is 11.4. The van der Waals surface area contributed by atoms with Crippen LogP contribution in [0.3, 0.4) is 0 Å². The van der Waals surface area contributed by atoms with Crippen LogP contribution in [0.4, 0.5) is 0 Å². The number of carbonyl (C=O) groups is 2. The van der Waals surface area contributed by atoms with Crippen LogP contribution < -0.4 is 0 Å². The van der Waals surface area contributed by atoms with E-state index in [4.69, 9.17) is 6.42 Å². The molecule has 1 rings (SSSR count). The minimum atomic E-state index is -0.910. The molecule has 0 aromatic heterocycles. The number of benzene rings is 1. The molecule has 0 saturated heterocycles. The van der Waals surface area contributed by atoms with E-state index in [2.05, 4.69) is 10.7 Å². The van der Waals surface area contributed by atoms with Crippen molar-refractivity contribution in [3.05, 3.63) is 35.4 Å². The molecule has 0 bridgehead atoms. The Bertz CT molecular complexity index is 413. The number of hydrogen-bond donors (Lipinski definition) is 0. The Labute approximate surface area is 81.7 Å². The molecular formula is C11H8O3. The first-order chi connectivity index (χ1) is 6.70. The molecule has 0 radical (unpaired) electrons. The highest BCUT2D eigenvalue weighted by atomic mass is 16.5. The Morgan fingerprint density at radius 3 is 2.57 bits per heavy atom. The molecule has 0 aliphatic carbocycles. The van der Waals surface area contributed by atoms with Crippen molar-refractivity contribution in [1.82, 2.24) is 0 Å². The van der Waals surface area contributed by atoms with Crippen molar-refractivity contribution in [2.45, 2.75) is 0 Å². The number of esters is 1. The van der Waals surface area contributed by atoms with E-state index in [1.807, 2.05) is 0 Å². The number of Topliss-reactive ketones (excluding diaryl/α,β-unsaturated/α-hetero) is 1. The van der Waals surface area contributed by atoms with Crippen molar-refractivity contribution in [2.75, 3.05) is 7.11 Å². The van der Waals surface area contributed by atoms with Crippen molar-refractivity contribution < 1.29 is 14.3 Å². The number of ketones is 1. The fraction of sp³-hybridized carbons (Fsp3) is 0.0909. The van der Waals surface area contributed by atoms with Gasteiger partial charge in [-0.25, -0.2) is 4.79 Å². The Hall–Kier alpha value is -2.08. The van der Waals surface area contributed by atoms with E-state index in [9.17, 15) is 9.59 Å². The summed E-state index contributed by atoms with van der Waals surface area (Å²) < 4.78 is 4.31. The summed E-state index contributed by atoms with van der Waals surface area (Å²) in [6, 6.07) is 6.42. The SMILES string of the molecule is C#Cc1ccccc1C(=O)C(=O)OC. The Morgan fingerprint density at radius 2 is 2.00 bits per heavy atom. The summed E-state index contributed by atoms with van der Waals surface area (Å²) in [5.74, 6) is 0.696. The molecule has 70 valence electrons. The number of ether oxygens (including phenoxy) is 1. The van der Waals surface area contributed by atoms with Crippen LogP contribution in [0, 0.1) is 12.3 Å². The van der Waals surface area contributed by atoms with Crippen molar-refractivity contribution in [3.8, 4) is 12.3 Å². The summed E-state index contributed by atoms with van der Waals surface area (Å²) >= 11 is 0. The smallest absolute Gasteiger partial charge is 0.379 e. The van der Waals surface area contributed by atoms with Crippen LogP contribution in [0.15, 0.2) is 24.3 Å². The Kier molecular flexibility index (Phi) is 3.03. The van der Waals surface area contributed by atoms with Crippen LogP contribution in [0.2, 0.25) is 0 Å². The predicted molar refractivity (Wildman–Crippen MR) is 50.7 cm³/mol. The number of rotatable bonds is 2. The third-order valence-corrected chi connectivity index (χ3v) is 1.70. The first-order valence-corrected chi connectivity index (χ1v) is 3.89. The second kappa shape index (κ2) is 4.24. The summed E-state index contributed by atoms with van der Waals surface area (Å²) in [5, 5.41) is 0. The molecule has 0 aliphatic heterocycles. The lowest BCUT2D eigenvalue weighted by atomic mass is 10.0. The van der Waals surface area contributed by atoms with E-state index >= 15 is 0 Å². The molecule has 1 aromatic rings. The van der Waals surface area contributed by atoms with E-state index < -0.39 is 11.8 Å². The predicted octanol–water partition coefficient (Wildman–Crippen LogP) is 1.02. The molecule has 3 nitrogen and oxygen atoms in total. The standard InChI is InChI=1S/C11H8O3/c1-3-8-6-4-5-7-9(8)10(12)11(13)14-2/h1,4-7H,2H3. The number of terminal acetylenes is 1. The maximum absolute atomic E-state index is 11.4. The number of hydrogen-bond acceptors (Lipinski definition) is 3. The van der Waals surface area contributed by atoms with Crippen LogP contribution in [-0.4, -0.2) is 18.9 Å². The maximum Gasteiger partial charge on any atom is 0.379 e. The summed E-state index contributed by atoms with van der Waals surface area (Å²) in [6.45, 7) is 0. The van der Waals surface area contributed by atoms with E-state index in [1.165, 1.54) is 6.07 Å². The highest BCUT2D eigenvalue weighted by Crippen LogP contribution is 2.08. The highest BCUT2D eigenvalue weighted by molar-refractivity contribution is 6.41.